The SMILES string of the molecule is Cc1ccccc1SCCOc1ccc(B(O)O)cc1. The van der Waals surface area contributed by atoms with Gasteiger partial charge in [0.1, 0.15) is 5.75 Å². The fourth-order valence-electron chi connectivity index (χ4n) is 1.77. The van der Waals surface area contributed by atoms with Gasteiger partial charge in [0.2, 0.25) is 0 Å². The van der Waals surface area contributed by atoms with Gasteiger partial charge in [0.05, 0.1) is 6.61 Å². The number of thioether (sulfide) groups is 1. The van der Waals surface area contributed by atoms with Gasteiger partial charge >= 0.3 is 7.12 Å². The van der Waals surface area contributed by atoms with Gasteiger partial charge in [0, 0.05) is 10.6 Å². The number of ether oxygens (including phenoxy) is 1. The van der Waals surface area contributed by atoms with Gasteiger partial charge in [0.25, 0.3) is 0 Å². The molecule has 2 aromatic carbocycles. The monoisotopic (exact) mass is 288 g/mol. The molecule has 0 heterocycles. The van der Waals surface area contributed by atoms with Crippen molar-refractivity contribution in [2.24, 2.45) is 0 Å². The molecule has 0 fully saturated rings. The van der Waals surface area contributed by atoms with Crippen LogP contribution in [0.3, 0.4) is 0 Å². The van der Waals surface area contributed by atoms with E-state index in [-0.39, 0.29) is 0 Å². The molecule has 0 saturated carbocycles. The molecule has 2 N–H and O–H groups in total. The molecule has 0 amide bonds. The molecular weight excluding hydrogens is 271 g/mol. The maximum absolute atomic E-state index is 8.99. The lowest BCUT2D eigenvalue weighted by Crippen LogP contribution is -2.29. The molecule has 0 radical (unpaired) electrons. The number of benzene rings is 2. The van der Waals surface area contributed by atoms with Crippen molar-refractivity contribution in [3.05, 3.63) is 54.1 Å². The minimum Gasteiger partial charge on any atom is -0.493 e. The second-order valence-corrected chi connectivity index (χ2v) is 5.54. The van der Waals surface area contributed by atoms with Crippen molar-refractivity contribution < 1.29 is 14.8 Å². The smallest absolute Gasteiger partial charge is 0.488 e. The molecule has 0 saturated heterocycles. The van der Waals surface area contributed by atoms with Crippen LogP contribution in [0.4, 0.5) is 0 Å². The summed E-state index contributed by atoms with van der Waals surface area (Å²) in [5.41, 5.74) is 1.74. The van der Waals surface area contributed by atoms with Gasteiger partial charge in [-0.1, -0.05) is 30.3 Å². The molecule has 0 bridgehead atoms. The Morgan fingerprint density at radius 2 is 1.75 bits per heavy atom. The van der Waals surface area contributed by atoms with Crippen molar-refractivity contribution in [3.63, 3.8) is 0 Å². The minimum absolute atomic E-state index is 0.464. The second kappa shape index (κ2) is 7.38. The molecule has 0 aliphatic heterocycles. The van der Waals surface area contributed by atoms with Crippen LogP contribution in [0, 0.1) is 6.92 Å². The van der Waals surface area contributed by atoms with Gasteiger partial charge in [-0.15, -0.1) is 11.8 Å². The molecule has 5 heteroatoms. The van der Waals surface area contributed by atoms with Crippen molar-refractivity contribution in [2.75, 3.05) is 12.4 Å². The van der Waals surface area contributed by atoms with E-state index < -0.39 is 7.12 Å². The standard InChI is InChI=1S/C15H17BO3S/c1-12-4-2-3-5-15(12)20-11-10-19-14-8-6-13(7-9-14)16(17)18/h2-9,17-18H,10-11H2,1H3. The first-order valence-corrected chi connectivity index (χ1v) is 7.42. The van der Waals surface area contributed by atoms with Crippen LogP contribution in [0.2, 0.25) is 0 Å². The molecule has 0 aromatic heterocycles. The maximum Gasteiger partial charge on any atom is 0.488 e. The molecule has 2 rings (SSSR count). The summed E-state index contributed by atoms with van der Waals surface area (Å²) in [6, 6.07) is 15.1. The molecule has 0 spiro atoms. The van der Waals surface area contributed by atoms with E-state index in [0.717, 1.165) is 11.5 Å². The summed E-state index contributed by atoms with van der Waals surface area (Å²) in [5.74, 6) is 1.61. The van der Waals surface area contributed by atoms with Gasteiger partial charge in [-0.3, -0.25) is 0 Å². The van der Waals surface area contributed by atoms with Crippen LogP contribution in [0.15, 0.2) is 53.4 Å². The molecule has 104 valence electrons. The first-order valence-electron chi connectivity index (χ1n) is 6.44. The number of aryl methyl sites for hydroxylation is 1. The zero-order valence-electron chi connectivity index (χ0n) is 11.3. The van der Waals surface area contributed by atoms with Gasteiger partial charge in [-0.2, -0.15) is 0 Å². The number of hydrogen-bond donors (Lipinski definition) is 2. The zero-order valence-corrected chi connectivity index (χ0v) is 12.1. The van der Waals surface area contributed by atoms with Crippen LogP contribution in [-0.2, 0) is 0 Å². The molecular formula is C15H17BO3S. The Bertz CT molecular complexity index is 543. The average molecular weight is 288 g/mol. The third kappa shape index (κ3) is 4.30. The Kier molecular flexibility index (Phi) is 5.53. The number of rotatable bonds is 6. The van der Waals surface area contributed by atoms with Gasteiger partial charge in [0.15, 0.2) is 0 Å². The third-order valence-electron chi connectivity index (χ3n) is 2.88. The molecule has 0 aliphatic carbocycles. The highest BCUT2D eigenvalue weighted by molar-refractivity contribution is 7.99. The van der Waals surface area contributed by atoms with E-state index in [0.29, 0.717) is 12.1 Å². The van der Waals surface area contributed by atoms with E-state index >= 15 is 0 Å². The average Bonchev–Trinajstić information content (AvgIpc) is 2.46. The number of hydrogen-bond acceptors (Lipinski definition) is 4. The Morgan fingerprint density at radius 3 is 2.40 bits per heavy atom. The highest BCUT2D eigenvalue weighted by Crippen LogP contribution is 2.21. The van der Waals surface area contributed by atoms with E-state index in [2.05, 4.69) is 19.1 Å². The first-order chi connectivity index (χ1) is 9.66. The van der Waals surface area contributed by atoms with Crippen molar-refractivity contribution in [2.45, 2.75) is 11.8 Å². The normalized spacial score (nSPS) is 10.3. The molecule has 2 aromatic rings. The summed E-state index contributed by atoms with van der Waals surface area (Å²) in [5, 5.41) is 18.0. The summed E-state index contributed by atoms with van der Waals surface area (Å²) in [6.07, 6.45) is 0. The van der Waals surface area contributed by atoms with E-state index in [4.69, 9.17) is 14.8 Å². The summed E-state index contributed by atoms with van der Waals surface area (Å²) < 4.78 is 5.62. The molecule has 0 aliphatic rings. The second-order valence-electron chi connectivity index (χ2n) is 4.41. The van der Waals surface area contributed by atoms with Gasteiger partial charge in [-0.25, -0.2) is 0 Å². The highest BCUT2D eigenvalue weighted by atomic mass is 32.2. The molecule has 0 unspecified atom stereocenters. The van der Waals surface area contributed by atoms with E-state index in [1.54, 1.807) is 36.0 Å². The first kappa shape index (κ1) is 15.0. The quantitative estimate of drug-likeness (QED) is 0.484. The largest absolute Gasteiger partial charge is 0.493 e. The summed E-state index contributed by atoms with van der Waals surface area (Å²) in [7, 11) is -1.43. The minimum atomic E-state index is -1.43. The predicted molar refractivity (Wildman–Crippen MR) is 83.7 cm³/mol. The topological polar surface area (TPSA) is 49.7 Å². The fourth-order valence-corrected chi connectivity index (χ4v) is 2.62. The zero-order chi connectivity index (χ0) is 14.4. The van der Waals surface area contributed by atoms with Crippen LogP contribution in [0.1, 0.15) is 5.56 Å². The lowest BCUT2D eigenvalue weighted by atomic mass is 9.80. The lowest BCUT2D eigenvalue weighted by Gasteiger charge is -2.08. The fraction of sp³-hybridized carbons (Fsp3) is 0.200. The van der Waals surface area contributed by atoms with E-state index in [1.165, 1.54) is 10.5 Å². The molecule has 0 atom stereocenters. The van der Waals surface area contributed by atoms with Crippen LogP contribution in [0.25, 0.3) is 0 Å². The third-order valence-corrected chi connectivity index (χ3v) is 4.02. The van der Waals surface area contributed by atoms with Crippen molar-refractivity contribution >= 4 is 24.3 Å². The van der Waals surface area contributed by atoms with Crippen LogP contribution >= 0.6 is 11.8 Å². The summed E-state index contributed by atoms with van der Waals surface area (Å²) >= 11 is 1.77. The molecule has 3 nitrogen and oxygen atoms in total. The maximum atomic E-state index is 8.99. The van der Waals surface area contributed by atoms with E-state index in [1.807, 2.05) is 12.1 Å². The van der Waals surface area contributed by atoms with Crippen LogP contribution < -0.4 is 10.2 Å². The van der Waals surface area contributed by atoms with E-state index in [9.17, 15) is 0 Å². The van der Waals surface area contributed by atoms with Crippen molar-refractivity contribution in [3.8, 4) is 5.75 Å². The van der Waals surface area contributed by atoms with Gasteiger partial charge < -0.3 is 14.8 Å². The predicted octanol–water partition coefficient (Wildman–Crippen LogP) is 1.85. The Morgan fingerprint density at radius 1 is 1.05 bits per heavy atom. The summed E-state index contributed by atoms with van der Waals surface area (Å²) in [4.78, 5) is 1.27. The Balaban J connectivity index is 1.77. The molecule has 20 heavy (non-hydrogen) atoms. The van der Waals surface area contributed by atoms with Crippen LogP contribution in [-0.4, -0.2) is 29.5 Å². The van der Waals surface area contributed by atoms with Crippen LogP contribution in [0.5, 0.6) is 5.75 Å². The highest BCUT2D eigenvalue weighted by Gasteiger charge is 2.09. The lowest BCUT2D eigenvalue weighted by molar-refractivity contribution is 0.344. The van der Waals surface area contributed by atoms with Crippen molar-refractivity contribution in [1.29, 1.82) is 0 Å². The Hall–Kier alpha value is -1.43. The van der Waals surface area contributed by atoms with Crippen molar-refractivity contribution in [1.82, 2.24) is 0 Å². The summed E-state index contributed by atoms with van der Waals surface area (Å²) in [6.45, 7) is 2.71. The Labute approximate surface area is 123 Å². The van der Waals surface area contributed by atoms with Gasteiger partial charge in [-0.05, 0) is 36.1 Å².